The highest BCUT2D eigenvalue weighted by molar-refractivity contribution is 5.91. The van der Waals surface area contributed by atoms with Gasteiger partial charge in [0.15, 0.2) is 0 Å². The van der Waals surface area contributed by atoms with Crippen LogP contribution >= 0.6 is 0 Å². The average Bonchev–Trinajstić information content (AvgIpc) is 3.29. The zero-order chi connectivity index (χ0) is 17.8. The van der Waals surface area contributed by atoms with Gasteiger partial charge < -0.3 is 14.5 Å². The predicted molar refractivity (Wildman–Crippen MR) is 107 cm³/mol. The fraction of sp³-hybridized carbons (Fsp3) is 0.227. The Morgan fingerprint density at radius 3 is 2.62 bits per heavy atom. The van der Waals surface area contributed by atoms with Crippen LogP contribution in [-0.2, 0) is 20.1 Å². The summed E-state index contributed by atoms with van der Waals surface area (Å²) in [5.74, 6) is 0. The Labute approximate surface area is 154 Å². The van der Waals surface area contributed by atoms with Crippen molar-refractivity contribution in [2.45, 2.75) is 19.5 Å². The first-order valence-electron chi connectivity index (χ1n) is 9.13. The van der Waals surface area contributed by atoms with Crippen molar-refractivity contribution in [2.24, 2.45) is 7.05 Å². The van der Waals surface area contributed by atoms with Gasteiger partial charge in [0.05, 0.1) is 12.0 Å². The van der Waals surface area contributed by atoms with Gasteiger partial charge in [-0.05, 0) is 30.2 Å². The molecule has 0 aliphatic heterocycles. The quantitative estimate of drug-likeness (QED) is 0.509. The van der Waals surface area contributed by atoms with E-state index in [0.29, 0.717) is 0 Å². The van der Waals surface area contributed by atoms with Gasteiger partial charge in [-0.3, -0.25) is 0 Å². The van der Waals surface area contributed by atoms with Gasteiger partial charge >= 0.3 is 0 Å². The van der Waals surface area contributed by atoms with Gasteiger partial charge in [0, 0.05) is 43.4 Å². The number of nitrogens with one attached hydrogen (secondary N) is 1. The molecule has 4 heteroatoms. The molecule has 0 saturated carbocycles. The molecule has 0 aliphatic carbocycles. The van der Waals surface area contributed by atoms with E-state index < -0.39 is 0 Å². The highest BCUT2D eigenvalue weighted by Gasteiger charge is 2.15. The summed E-state index contributed by atoms with van der Waals surface area (Å²) in [6.07, 6.45) is 6.80. The van der Waals surface area contributed by atoms with Crippen LogP contribution in [0.25, 0.3) is 22.2 Å². The molecular weight excluding hydrogens is 320 g/mol. The van der Waals surface area contributed by atoms with Crippen LogP contribution in [0, 0.1) is 0 Å². The number of nitrogens with zero attached hydrogens (tertiary/aromatic N) is 3. The molecule has 2 aromatic heterocycles. The van der Waals surface area contributed by atoms with E-state index in [-0.39, 0.29) is 0 Å². The first-order valence-corrected chi connectivity index (χ1v) is 9.13. The minimum Gasteiger partial charge on any atom is -0.343 e. The molecule has 0 radical (unpaired) electrons. The molecule has 2 heterocycles. The monoisotopic (exact) mass is 344 g/mol. The second-order valence-electron chi connectivity index (χ2n) is 6.60. The van der Waals surface area contributed by atoms with Gasteiger partial charge in [0.2, 0.25) is 0 Å². The summed E-state index contributed by atoms with van der Waals surface area (Å²) in [4.78, 5) is 4.09. The highest BCUT2D eigenvalue weighted by atomic mass is 15.0. The predicted octanol–water partition coefficient (Wildman–Crippen LogP) is 4.22. The summed E-state index contributed by atoms with van der Waals surface area (Å²) in [6.45, 7) is 2.85. The van der Waals surface area contributed by atoms with Crippen molar-refractivity contribution >= 4 is 10.9 Å². The number of imidazole rings is 1. The molecule has 0 unspecified atom stereocenters. The number of aromatic nitrogens is 3. The van der Waals surface area contributed by atoms with Crippen LogP contribution in [0.5, 0.6) is 0 Å². The summed E-state index contributed by atoms with van der Waals surface area (Å²) < 4.78 is 4.43. The van der Waals surface area contributed by atoms with Crippen molar-refractivity contribution in [3.8, 4) is 11.3 Å². The lowest BCUT2D eigenvalue weighted by molar-refractivity contribution is 0.581. The zero-order valence-electron chi connectivity index (χ0n) is 15.1. The number of hydrogen-bond donors (Lipinski definition) is 1. The molecule has 132 valence electrons. The summed E-state index contributed by atoms with van der Waals surface area (Å²) in [6, 6.07) is 19.3. The zero-order valence-corrected chi connectivity index (χ0v) is 15.1. The lowest BCUT2D eigenvalue weighted by Crippen LogP contribution is -2.16. The molecule has 26 heavy (non-hydrogen) atoms. The molecule has 0 spiro atoms. The molecule has 0 fully saturated rings. The third-order valence-corrected chi connectivity index (χ3v) is 4.89. The first-order chi connectivity index (χ1) is 12.8. The lowest BCUT2D eigenvalue weighted by Gasteiger charge is -2.10. The molecule has 4 nitrogen and oxygen atoms in total. The van der Waals surface area contributed by atoms with Crippen molar-refractivity contribution in [3.05, 3.63) is 78.9 Å². The largest absolute Gasteiger partial charge is 0.343 e. The molecule has 0 bridgehead atoms. The fourth-order valence-corrected chi connectivity index (χ4v) is 3.63. The van der Waals surface area contributed by atoms with Crippen molar-refractivity contribution in [1.29, 1.82) is 0 Å². The number of fused-ring (bicyclic) bond motifs is 1. The summed E-state index contributed by atoms with van der Waals surface area (Å²) in [7, 11) is 2.16. The van der Waals surface area contributed by atoms with E-state index in [9.17, 15) is 0 Å². The Bertz CT molecular complexity index is 968. The maximum Gasteiger partial charge on any atom is 0.0945 e. The first kappa shape index (κ1) is 16.6. The molecular formula is C22H24N4. The van der Waals surface area contributed by atoms with Gasteiger partial charge in [-0.25, -0.2) is 4.98 Å². The maximum absolute atomic E-state index is 4.09. The number of aryl methyl sites for hydroxylation is 2. The van der Waals surface area contributed by atoms with Crippen LogP contribution in [0.2, 0.25) is 0 Å². The summed E-state index contributed by atoms with van der Waals surface area (Å²) in [5.41, 5.74) is 5.22. The normalized spacial score (nSPS) is 11.3. The Kier molecular flexibility index (Phi) is 4.84. The van der Waals surface area contributed by atoms with E-state index in [2.05, 4.69) is 81.1 Å². The van der Waals surface area contributed by atoms with Crippen LogP contribution in [0.15, 0.2) is 73.3 Å². The summed E-state index contributed by atoms with van der Waals surface area (Å²) in [5, 5.41) is 4.96. The molecule has 2 aromatic carbocycles. The third-order valence-electron chi connectivity index (χ3n) is 4.89. The van der Waals surface area contributed by atoms with Gasteiger partial charge in [-0.2, -0.15) is 0 Å². The van der Waals surface area contributed by atoms with E-state index in [4.69, 9.17) is 0 Å². The Balaban J connectivity index is 1.55. The molecule has 0 aliphatic rings. The van der Waals surface area contributed by atoms with E-state index >= 15 is 0 Å². The van der Waals surface area contributed by atoms with E-state index in [1.807, 2.05) is 18.7 Å². The number of hydrogen-bond acceptors (Lipinski definition) is 2. The highest BCUT2D eigenvalue weighted by Crippen LogP contribution is 2.32. The van der Waals surface area contributed by atoms with Crippen LogP contribution in [0.1, 0.15) is 12.0 Å². The number of benzene rings is 2. The van der Waals surface area contributed by atoms with Crippen molar-refractivity contribution < 1.29 is 0 Å². The Morgan fingerprint density at radius 1 is 1.00 bits per heavy atom. The third kappa shape index (κ3) is 3.28. The Morgan fingerprint density at radius 2 is 1.81 bits per heavy atom. The Hall–Kier alpha value is -2.85. The molecule has 0 atom stereocenters. The maximum atomic E-state index is 4.09. The van der Waals surface area contributed by atoms with E-state index in [1.165, 1.54) is 27.7 Å². The minimum absolute atomic E-state index is 0.871. The molecule has 0 amide bonds. The fourth-order valence-electron chi connectivity index (χ4n) is 3.63. The van der Waals surface area contributed by atoms with Crippen molar-refractivity contribution in [3.63, 3.8) is 0 Å². The second-order valence-corrected chi connectivity index (χ2v) is 6.60. The molecule has 0 saturated heterocycles. The van der Waals surface area contributed by atoms with E-state index in [1.54, 1.807) is 0 Å². The van der Waals surface area contributed by atoms with Gasteiger partial charge in [-0.15, -0.1) is 0 Å². The second kappa shape index (κ2) is 7.58. The van der Waals surface area contributed by atoms with E-state index in [0.717, 1.165) is 26.1 Å². The standard InChI is InChI=1S/C22H24N4/c1-25-21-11-6-5-10-19(21)20(22(25)18-8-3-2-4-9-18)16-23-12-7-14-26-15-13-24-17-26/h2-6,8-11,13,15,17,23H,7,12,14,16H2,1H3. The van der Waals surface area contributed by atoms with Gasteiger partial charge in [0.1, 0.15) is 0 Å². The van der Waals surface area contributed by atoms with Gasteiger partial charge in [0.25, 0.3) is 0 Å². The van der Waals surface area contributed by atoms with Gasteiger partial charge in [-0.1, -0.05) is 48.5 Å². The topological polar surface area (TPSA) is 34.8 Å². The molecule has 4 aromatic rings. The van der Waals surface area contributed by atoms with Crippen molar-refractivity contribution in [1.82, 2.24) is 19.4 Å². The van der Waals surface area contributed by atoms with Crippen LogP contribution < -0.4 is 5.32 Å². The number of rotatable bonds is 7. The van der Waals surface area contributed by atoms with Crippen LogP contribution in [0.3, 0.4) is 0 Å². The summed E-state index contributed by atoms with van der Waals surface area (Å²) >= 11 is 0. The minimum atomic E-state index is 0.871. The molecule has 4 rings (SSSR count). The smallest absolute Gasteiger partial charge is 0.0945 e. The van der Waals surface area contributed by atoms with Crippen LogP contribution in [0.4, 0.5) is 0 Å². The van der Waals surface area contributed by atoms with Crippen molar-refractivity contribution in [2.75, 3.05) is 6.54 Å². The average molecular weight is 344 g/mol. The molecule has 1 N–H and O–H groups in total. The SMILES string of the molecule is Cn1c(-c2ccccc2)c(CNCCCn2ccnc2)c2ccccc21. The van der Waals surface area contributed by atoms with Crippen LogP contribution in [-0.4, -0.2) is 20.7 Å². The lowest BCUT2D eigenvalue weighted by atomic mass is 10.1. The number of para-hydroxylation sites is 1.